The van der Waals surface area contributed by atoms with Gasteiger partial charge in [-0.15, -0.1) is 0 Å². The van der Waals surface area contributed by atoms with Gasteiger partial charge in [0.05, 0.1) is 12.3 Å². The van der Waals surface area contributed by atoms with Crippen molar-refractivity contribution in [3.05, 3.63) is 24.2 Å². The second-order valence-corrected chi connectivity index (χ2v) is 5.95. The van der Waals surface area contributed by atoms with Crippen LogP contribution in [0.2, 0.25) is 0 Å². The summed E-state index contributed by atoms with van der Waals surface area (Å²) in [6, 6.07) is 3.13. The highest BCUT2D eigenvalue weighted by atomic mass is 16.4. The van der Waals surface area contributed by atoms with E-state index in [1.54, 1.807) is 18.4 Å². The van der Waals surface area contributed by atoms with E-state index in [0.717, 1.165) is 6.42 Å². The van der Waals surface area contributed by atoms with Gasteiger partial charge in [-0.3, -0.25) is 4.79 Å². The lowest BCUT2D eigenvalue weighted by atomic mass is 9.84. The summed E-state index contributed by atoms with van der Waals surface area (Å²) in [5.74, 6) is -0.0898. The van der Waals surface area contributed by atoms with Gasteiger partial charge in [0, 0.05) is 13.0 Å². The molecular weight excluding hydrogens is 272 g/mol. The summed E-state index contributed by atoms with van der Waals surface area (Å²) in [6.45, 7) is 6.35. The van der Waals surface area contributed by atoms with Crippen molar-refractivity contribution in [2.24, 2.45) is 5.41 Å². The molecule has 3 N–H and O–H groups in total. The first-order valence-electron chi connectivity index (χ1n) is 7.10. The minimum Gasteiger partial charge on any atom is -0.481 e. The summed E-state index contributed by atoms with van der Waals surface area (Å²) < 4.78 is 5.21. The molecule has 0 saturated carbocycles. The average Bonchev–Trinajstić information content (AvgIpc) is 2.90. The molecule has 0 saturated heterocycles. The number of urea groups is 1. The van der Waals surface area contributed by atoms with Gasteiger partial charge in [0.15, 0.2) is 0 Å². The van der Waals surface area contributed by atoms with Crippen LogP contribution in [-0.4, -0.2) is 23.7 Å². The first-order valence-corrected chi connectivity index (χ1v) is 7.10. The van der Waals surface area contributed by atoms with Crippen molar-refractivity contribution in [3.63, 3.8) is 0 Å². The number of hydrogen-bond acceptors (Lipinski definition) is 3. The highest BCUT2D eigenvalue weighted by molar-refractivity contribution is 5.74. The first kappa shape index (κ1) is 17.1. The number of rotatable bonds is 8. The lowest BCUT2D eigenvalue weighted by Crippen LogP contribution is -2.38. The third-order valence-corrected chi connectivity index (χ3v) is 3.42. The molecule has 1 heterocycles. The molecule has 0 aliphatic heterocycles. The number of carbonyl (C=O) groups is 2. The Hall–Kier alpha value is -1.98. The molecule has 0 fully saturated rings. The van der Waals surface area contributed by atoms with E-state index in [0.29, 0.717) is 18.7 Å². The van der Waals surface area contributed by atoms with Crippen LogP contribution < -0.4 is 10.6 Å². The normalized spacial score (nSPS) is 12.7. The second kappa shape index (κ2) is 7.71. The molecule has 0 aromatic carbocycles. The third-order valence-electron chi connectivity index (χ3n) is 3.42. The Morgan fingerprint density at radius 3 is 2.67 bits per heavy atom. The summed E-state index contributed by atoms with van der Waals surface area (Å²) >= 11 is 0. The van der Waals surface area contributed by atoms with Crippen LogP contribution in [-0.2, 0) is 4.79 Å². The van der Waals surface area contributed by atoms with Gasteiger partial charge in [-0.2, -0.15) is 0 Å². The predicted molar refractivity (Wildman–Crippen MR) is 78.9 cm³/mol. The van der Waals surface area contributed by atoms with Gasteiger partial charge in [-0.05, 0) is 37.3 Å². The van der Waals surface area contributed by atoms with Gasteiger partial charge >= 0.3 is 12.0 Å². The van der Waals surface area contributed by atoms with E-state index >= 15 is 0 Å². The third kappa shape index (κ3) is 6.83. The van der Waals surface area contributed by atoms with Crippen LogP contribution in [0.3, 0.4) is 0 Å². The number of carbonyl (C=O) groups excluding carboxylic acids is 1. The Morgan fingerprint density at radius 1 is 1.38 bits per heavy atom. The fourth-order valence-corrected chi connectivity index (χ4v) is 1.94. The fraction of sp³-hybridized carbons (Fsp3) is 0.600. The van der Waals surface area contributed by atoms with Crippen molar-refractivity contribution < 1.29 is 19.1 Å². The predicted octanol–water partition coefficient (Wildman–Crippen LogP) is 2.92. The van der Waals surface area contributed by atoms with Crippen LogP contribution in [0.15, 0.2) is 22.8 Å². The van der Waals surface area contributed by atoms with Crippen LogP contribution in [0.4, 0.5) is 4.79 Å². The first-order chi connectivity index (χ1) is 9.80. The van der Waals surface area contributed by atoms with Gasteiger partial charge in [-0.1, -0.05) is 13.8 Å². The van der Waals surface area contributed by atoms with E-state index in [9.17, 15) is 9.59 Å². The van der Waals surface area contributed by atoms with Crippen molar-refractivity contribution in [3.8, 4) is 0 Å². The Kier molecular flexibility index (Phi) is 6.27. The molecule has 1 aromatic rings. The molecule has 21 heavy (non-hydrogen) atoms. The molecule has 0 radical (unpaired) electrons. The SMILES string of the molecule is CC(NC(=O)NCCC(C)(C)CCC(=O)O)c1ccco1. The molecule has 0 aliphatic rings. The van der Waals surface area contributed by atoms with E-state index < -0.39 is 5.97 Å². The molecule has 0 aliphatic carbocycles. The highest BCUT2D eigenvalue weighted by Crippen LogP contribution is 2.25. The van der Waals surface area contributed by atoms with Gasteiger partial charge in [0.2, 0.25) is 0 Å². The quantitative estimate of drug-likeness (QED) is 0.687. The van der Waals surface area contributed by atoms with Crippen LogP contribution in [0.5, 0.6) is 0 Å². The van der Waals surface area contributed by atoms with Crippen molar-refractivity contribution in [1.82, 2.24) is 10.6 Å². The van der Waals surface area contributed by atoms with E-state index in [-0.39, 0.29) is 23.9 Å². The number of amides is 2. The van der Waals surface area contributed by atoms with E-state index in [1.807, 2.05) is 20.8 Å². The molecular formula is C15H24N2O4. The lowest BCUT2D eigenvalue weighted by Gasteiger charge is -2.24. The number of carboxylic acid groups (broad SMARTS) is 1. The number of aliphatic carboxylic acids is 1. The van der Waals surface area contributed by atoms with Crippen LogP contribution in [0, 0.1) is 5.41 Å². The van der Waals surface area contributed by atoms with Gasteiger partial charge < -0.3 is 20.2 Å². The van der Waals surface area contributed by atoms with E-state index in [4.69, 9.17) is 9.52 Å². The molecule has 6 nitrogen and oxygen atoms in total. The van der Waals surface area contributed by atoms with Gasteiger partial charge in [-0.25, -0.2) is 4.79 Å². The zero-order valence-corrected chi connectivity index (χ0v) is 12.8. The van der Waals surface area contributed by atoms with Crippen molar-refractivity contribution in [2.75, 3.05) is 6.54 Å². The highest BCUT2D eigenvalue weighted by Gasteiger charge is 2.19. The summed E-state index contributed by atoms with van der Waals surface area (Å²) in [5, 5.41) is 14.3. The average molecular weight is 296 g/mol. The Balaban J connectivity index is 2.25. The number of carboxylic acids is 1. The lowest BCUT2D eigenvalue weighted by molar-refractivity contribution is -0.137. The number of hydrogen-bond donors (Lipinski definition) is 3. The maximum atomic E-state index is 11.7. The Morgan fingerprint density at radius 2 is 2.10 bits per heavy atom. The molecule has 2 amide bonds. The summed E-state index contributed by atoms with van der Waals surface area (Å²) in [6.07, 6.45) is 3.03. The zero-order chi connectivity index (χ0) is 15.9. The van der Waals surface area contributed by atoms with Crippen molar-refractivity contribution in [1.29, 1.82) is 0 Å². The molecule has 1 atom stereocenters. The van der Waals surface area contributed by atoms with Crippen LogP contribution >= 0.6 is 0 Å². The summed E-state index contributed by atoms with van der Waals surface area (Å²) in [5.41, 5.74) is -0.113. The van der Waals surface area contributed by atoms with Crippen LogP contribution in [0.25, 0.3) is 0 Å². The Labute approximate surface area is 124 Å². The molecule has 1 aromatic heterocycles. The maximum Gasteiger partial charge on any atom is 0.315 e. The number of furan rings is 1. The smallest absolute Gasteiger partial charge is 0.315 e. The van der Waals surface area contributed by atoms with Crippen molar-refractivity contribution in [2.45, 2.75) is 46.1 Å². The Bertz CT molecular complexity index is 454. The van der Waals surface area contributed by atoms with Crippen LogP contribution in [0.1, 0.15) is 51.8 Å². The topological polar surface area (TPSA) is 91.6 Å². The number of nitrogens with one attached hydrogen (secondary N) is 2. The molecule has 0 bridgehead atoms. The maximum absolute atomic E-state index is 11.7. The molecule has 118 valence electrons. The summed E-state index contributed by atoms with van der Waals surface area (Å²) in [7, 11) is 0. The minimum absolute atomic E-state index is 0.113. The van der Waals surface area contributed by atoms with Gasteiger partial charge in [0.25, 0.3) is 0 Å². The largest absolute Gasteiger partial charge is 0.481 e. The molecule has 6 heteroatoms. The van der Waals surface area contributed by atoms with E-state index in [2.05, 4.69) is 10.6 Å². The second-order valence-electron chi connectivity index (χ2n) is 5.95. The monoisotopic (exact) mass is 296 g/mol. The minimum atomic E-state index is -0.791. The standard InChI is InChI=1S/C15H24N2O4/c1-11(12-5-4-10-21-12)17-14(20)16-9-8-15(2,3)7-6-13(18)19/h4-5,10-11H,6-9H2,1-3H3,(H,18,19)(H2,16,17,20). The fourth-order valence-electron chi connectivity index (χ4n) is 1.94. The van der Waals surface area contributed by atoms with Crippen molar-refractivity contribution >= 4 is 12.0 Å². The molecule has 0 spiro atoms. The molecule has 1 rings (SSSR count). The molecule has 1 unspecified atom stereocenters. The van der Waals surface area contributed by atoms with E-state index in [1.165, 1.54) is 0 Å². The zero-order valence-electron chi connectivity index (χ0n) is 12.8. The summed E-state index contributed by atoms with van der Waals surface area (Å²) in [4.78, 5) is 22.3. The van der Waals surface area contributed by atoms with Gasteiger partial charge in [0.1, 0.15) is 5.76 Å².